The predicted octanol–water partition coefficient (Wildman–Crippen LogP) is 4.23. The highest BCUT2D eigenvalue weighted by Gasteiger charge is 2.41. The number of aryl methyl sites for hydroxylation is 1. The normalized spacial score (nSPS) is 18.0. The molecule has 2 atom stereocenters. The molecule has 2 aromatic rings. The summed E-state index contributed by atoms with van der Waals surface area (Å²) in [7, 11) is 3.86. The first-order chi connectivity index (χ1) is 16.1. The summed E-state index contributed by atoms with van der Waals surface area (Å²) in [6.07, 6.45) is -1.25. The van der Waals surface area contributed by atoms with Crippen LogP contribution < -0.4 is 4.90 Å². The van der Waals surface area contributed by atoms with Gasteiger partial charge in [0.05, 0.1) is 22.6 Å². The number of fused-ring (bicyclic) bond motifs is 1. The molecule has 0 unspecified atom stereocenters. The Kier molecular flexibility index (Phi) is 8.38. The van der Waals surface area contributed by atoms with Crippen molar-refractivity contribution in [3.05, 3.63) is 59.2 Å². The van der Waals surface area contributed by atoms with Crippen molar-refractivity contribution in [3.63, 3.8) is 0 Å². The number of anilines is 1. The molecule has 1 heterocycles. The molecule has 182 valence electrons. The first kappa shape index (κ1) is 25.8. The van der Waals surface area contributed by atoms with Crippen LogP contribution in [0.25, 0.3) is 0 Å². The van der Waals surface area contributed by atoms with Crippen molar-refractivity contribution in [1.82, 2.24) is 4.90 Å². The van der Waals surface area contributed by atoms with Gasteiger partial charge in [0.15, 0.2) is 6.10 Å². The van der Waals surface area contributed by atoms with Crippen molar-refractivity contribution in [2.45, 2.75) is 50.0 Å². The van der Waals surface area contributed by atoms with Gasteiger partial charge in [0.2, 0.25) is 0 Å². The third-order valence-corrected chi connectivity index (χ3v) is 6.69. The molecule has 8 heteroatoms. The lowest BCUT2D eigenvalue weighted by molar-refractivity contribution is -0.152. The van der Waals surface area contributed by atoms with E-state index >= 15 is 0 Å². The lowest BCUT2D eigenvalue weighted by Crippen LogP contribution is -2.45. The van der Waals surface area contributed by atoms with Gasteiger partial charge >= 0.3 is 11.9 Å². The lowest BCUT2D eigenvalue weighted by atomic mass is 10.0. The number of amides is 1. The summed E-state index contributed by atoms with van der Waals surface area (Å²) in [6.45, 7) is 7.93. The Morgan fingerprint density at radius 2 is 1.79 bits per heavy atom. The molecule has 2 aromatic carbocycles. The van der Waals surface area contributed by atoms with E-state index in [1.807, 2.05) is 50.2 Å². The van der Waals surface area contributed by atoms with Gasteiger partial charge in [-0.05, 0) is 58.6 Å². The number of hydrogen-bond donors (Lipinski definition) is 0. The quantitative estimate of drug-likeness (QED) is 0.544. The Morgan fingerprint density at radius 3 is 2.38 bits per heavy atom. The largest absolute Gasteiger partial charge is 0.459 e. The minimum atomic E-state index is -1.01. The zero-order chi connectivity index (χ0) is 25.0. The molecular weight excluding hydrogens is 452 g/mol. The smallest absolute Gasteiger partial charge is 0.338 e. The fourth-order valence-corrected chi connectivity index (χ4v) is 5.02. The third kappa shape index (κ3) is 6.18. The zero-order valence-electron chi connectivity index (χ0n) is 20.5. The Hall–Kier alpha value is -2.84. The molecular formula is C26H32N2O5S. The highest BCUT2D eigenvalue weighted by molar-refractivity contribution is 7.99. The number of esters is 2. The summed E-state index contributed by atoms with van der Waals surface area (Å²) in [6, 6.07) is 13.0. The highest BCUT2D eigenvalue weighted by atomic mass is 32.2. The van der Waals surface area contributed by atoms with Gasteiger partial charge in [0.25, 0.3) is 5.91 Å². The van der Waals surface area contributed by atoms with E-state index in [9.17, 15) is 14.4 Å². The maximum Gasteiger partial charge on any atom is 0.338 e. The molecule has 0 aliphatic carbocycles. The standard InChI is InChI=1S/C26H32N2O5S/c1-16(2)32-26(31)20-11-12-21-22(15-20)34-24(19-9-7-17(3)8-10-19)23(33-18(4)29)25(30)28(21)14-13-27(5)6/h7-12,15-16,23-24H,13-14H2,1-6H3/t23-,24+/m1/s1. The van der Waals surface area contributed by atoms with Crippen LogP contribution in [0.5, 0.6) is 0 Å². The van der Waals surface area contributed by atoms with Crippen LogP contribution >= 0.6 is 11.8 Å². The Balaban J connectivity index is 2.13. The molecule has 0 radical (unpaired) electrons. The summed E-state index contributed by atoms with van der Waals surface area (Å²) in [5.74, 6) is -1.22. The molecule has 0 N–H and O–H groups in total. The summed E-state index contributed by atoms with van der Waals surface area (Å²) in [4.78, 5) is 42.8. The van der Waals surface area contributed by atoms with Crippen LogP contribution in [-0.4, -0.2) is 62.1 Å². The zero-order valence-corrected chi connectivity index (χ0v) is 21.3. The maximum atomic E-state index is 13.8. The second-order valence-corrected chi connectivity index (χ2v) is 10.1. The van der Waals surface area contributed by atoms with Crippen LogP contribution in [0.4, 0.5) is 5.69 Å². The Labute approximate surface area is 205 Å². The summed E-state index contributed by atoms with van der Waals surface area (Å²) >= 11 is 1.42. The molecule has 0 spiro atoms. The number of benzene rings is 2. The van der Waals surface area contributed by atoms with Gasteiger partial charge in [-0.25, -0.2) is 4.79 Å². The van der Waals surface area contributed by atoms with E-state index in [1.54, 1.807) is 36.9 Å². The third-order valence-electron chi connectivity index (χ3n) is 5.34. The maximum absolute atomic E-state index is 13.8. The van der Waals surface area contributed by atoms with Gasteiger partial charge < -0.3 is 19.3 Å². The summed E-state index contributed by atoms with van der Waals surface area (Å²) in [5.41, 5.74) is 3.05. The van der Waals surface area contributed by atoms with Crippen molar-refractivity contribution >= 4 is 35.3 Å². The van der Waals surface area contributed by atoms with Gasteiger partial charge in [0.1, 0.15) is 0 Å². The van der Waals surface area contributed by atoms with Gasteiger partial charge in [0, 0.05) is 24.9 Å². The lowest BCUT2D eigenvalue weighted by Gasteiger charge is -2.28. The van der Waals surface area contributed by atoms with Crippen LogP contribution in [0.15, 0.2) is 47.4 Å². The van der Waals surface area contributed by atoms with Crippen molar-refractivity contribution < 1.29 is 23.9 Å². The molecule has 1 aliphatic rings. The molecule has 0 bridgehead atoms. The van der Waals surface area contributed by atoms with E-state index < -0.39 is 23.3 Å². The van der Waals surface area contributed by atoms with Crippen LogP contribution in [0, 0.1) is 6.92 Å². The van der Waals surface area contributed by atoms with E-state index in [-0.39, 0.29) is 12.0 Å². The van der Waals surface area contributed by atoms with E-state index in [0.29, 0.717) is 24.3 Å². The fraction of sp³-hybridized carbons (Fsp3) is 0.423. The second-order valence-electron chi connectivity index (χ2n) is 8.91. The number of thioether (sulfide) groups is 1. The molecule has 0 fully saturated rings. The summed E-state index contributed by atoms with van der Waals surface area (Å²) < 4.78 is 11.0. The van der Waals surface area contributed by atoms with E-state index in [0.717, 1.165) is 16.0 Å². The first-order valence-corrected chi connectivity index (χ1v) is 12.2. The molecule has 0 saturated carbocycles. The number of hydrogen-bond acceptors (Lipinski definition) is 7. The number of rotatable bonds is 7. The SMILES string of the molecule is CC(=O)O[C@H]1C(=O)N(CCN(C)C)c2ccc(C(=O)OC(C)C)cc2S[C@H]1c1ccc(C)cc1. The second kappa shape index (κ2) is 11.1. The first-order valence-electron chi connectivity index (χ1n) is 11.3. The number of nitrogens with zero attached hydrogens (tertiary/aromatic N) is 2. The van der Waals surface area contributed by atoms with Crippen LogP contribution in [0.1, 0.15) is 47.5 Å². The molecule has 1 aliphatic heterocycles. The summed E-state index contributed by atoms with van der Waals surface area (Å²) in [5, 5.41) is -0.475. The molecule has 3 rings (SSSR count). The number of carbonyl (C=O) groups excluding carboxylic acids is 3. The fourth-order valence-electron chi connectivity index (χ4n) is 3.66. The Morgan fingerprint density at radius 1 is 1.12 bits per heavy atom. The average Bonchev–Trinajstić information content (AvgIpc) is 2.86. The van der Waals surface area contributed by atoms with Gasteiger partial charge in [-0.3, -0.25) is 9.59 Å². The predicted molar refractivity (Wildman–Crippen MR) is 133 cm³/mol. The number of likely N-dealkylation sites (N-methyl/N-ethyl adjacent to an activating group) is 1. The molecule has 34 heavy (non-hydrogen) atoms. The van der Waals surface area contributed by atoms with Crippen LogP contribution in [-0.2, 0) is 19.1 Å². The van der Waals surface area contributed by atoms with E-state index in [2.05, 4.69) is 0 Å². The molecule has 0 saturated heterocycles. The molecule has 0 aromatic heterocycles. The number of carbonyl (C=O) groups is 3. The van der Waals surface area contributed by atoms with Gasteiger partial charge in [-0.2, -0.15) is 0 Å². The molecule has 1 amide bonds. The van der Waals surface area contributed by atoms with Gasteiger partial charge in [-0.15, -0.1) is 11.8 Å². The van der Waals surface area contributed by atoms with E-state index in [4.69, 9.17) is 9.47 Å². The van der Waals surface area contributed by atoms with Crippen molar-refractivity contribution in [2.75, 3.05) is 32.1 Å². The van der Waals surface area contributed by atoms with Crippen LogP contribution in [0.2, 0.25) is 0 Å². The van der Waals surface area contributed by atoms with Crippen molar-refractivity contribution in [1.29, 1.82) is 0 Å². The molecule has 7 nitrogen and oxygen atoms in total. The number of ether oxygens (including phenoxy) is 2. The average molecular weight is 485 g/mol. The van der Waals surface area contributed by atoms with Crippen molar-refractivity contribution in [3.8, 4) is 0 Å². The van der Waals surface area contributed by atoms with Crippen LogP contribution in [0.3, 0.4) is 0 Å². The van der Waals surface area contributed by atoms with E-state index in [1.165, 1.54) is 18.7 Å². The van der Waals surface area contributed by atoms with Gasteiger partial charge in [-0.1, -0.05) is 29.8 Å². The van der Waals surface area contributed by atoms with Crippen molar-refractivity contribution in [2.24, 2.45) is 0 Å². The monoisotopic (exact) mass is 484 g/mol. The topological polar surface area (TPSA) is 76.2 Å². The Bertz CT molecular complexity index is 1050. The highest BCUT2D eigenvalue weighted by Crippen LogP contribution is 2.47. The minimum Gasteiger partial charge on any atom is -0.459 e. The minimum absolute atomic E-state index is 0.245.